The SMILES string of the molecule is CCOC(=O)c1cc2ccc(N(CC)CC)c(OC)c2oc1=O. The molecule has 2 rings (SSSR count). The highest BCUT2D eigenvalue weighted by Crippen LogP contribution is 2.35. The molecule has 0 saturated carbocycles. The molecule has 0 bridgehead atoms. The van der Waals surface area contributed by atoms with Gasteiger partial charge >= 0.3 is 11.6 Å². The van der Waals surface area contributed by atoms with Crippen molar-refractivity contribution in [1.29, 1.82) is 0 Å². The molecule has 0 spiro atoms. The Kier molecular flexibility index (Phi) is 5.26. The number of hydrogen-bond acceptors (Lipinski definition) is 6. The Morgan fingerprint density at radius 2 is 1.91 bits per heavy atom. The van der Waals surface area contributed by atoms with E-state index >= 15 is 0 Å². The number of carbonyl (C=O) groups excluding carboxylic acids is 1. The Bertz CT molecular complexity index is 761. The lowest BCUT2D eigenvalue weighted by Gasteiger charge is -2.23. The lowest BCUT2D eigenvalue weighted by molar-refractivity contribution is 0.0521. The van der Waals surface area contributed by atoms with E-state index in [-0.39, 0.29) is 12.2 Å². The second kappa shape index (κ2) is 7.17. The minimum atomic E-state index is -0.731. The third-order valence-corrected chi connectivity index (χ3v) is 3.64. The number of esters is 1. The topological polar surface area (TPSA) is 69.0 Å². The number of ether oxygens (including phenoxy) is 2. The number of benzene rings is 1. The van der Waals surface area contributed by atoms with Crippen molar-refractivity contribution in [2.24, 2.45) is 0 Å². The maximum atomic E-state index is 12.1. The second-order valence-electron chi connectivity index (χ2n) is 4.88. The summed E-state index contributed by atoms with van der Waals surface area (Å²) >= 11 is 0. The summed E-state index contributed by atoms with van der Waals surface area (Å²) in [5.74, 6) is -0.200. The van der Waals surface area contributed by atoms with Crippen molar-refractivity contribution >= 4 is 22.6 Å². The predicted molar refractivity (Wildman–Crippen MR) is 88.6 cm³/mol. The monoisotopic (exact) mass is 319 g/mol. The van der Waals surface area contributed by atoms with Gasteiger partial charge in [0.25, 0.3) is 0 Å². The smallest absolute Gasteiger partial charge is 0.351 e. The summed E-state index contributed by atoms with van der Waals surface area (Å²) in [7, 11) is 1.53. The van der Waals surface area contributed by atoms with Crippen LogP contribution in [0.5, 0.6) is 5.75 Å². The summed E-state index contributed by atoms with van der Waals surface area (Å²) in [6.45, 7) is 7.54. The summed E-state index contributed by atoms with van der Waals surface area (Å²) in [5.41, 5.74) is 0.329. The molecule has 0 fully saturated rings. The Hall–Kier alpha value is -2.50. The molecule has 0 atom stereocenters. The van der Waals surface area contributed by atoms with Crippen LogP contribution in [0.15, 0.2) is 27.4 Å². The van der Waals surface area contributed by atoms with Crippen molar-refractivity contribution in [3.63, 3.8) is 0 Å². The van der Waals surface area contributed by atoms with Gasteiger partial charge in [-0.2, -0.15) is 0 Å². The highest BCUT2D eigenvalue weighted by atomic mass is 16.5. The van der Waals surface area contributed by atoms with Gasteiger partial charge in [-0.3, -0.25) is 0 Å². The van der Waals surface area contributed by atoms with Gasteiger partial charge in [0.2, 0.25) is 0 Å². The highest BCUT2D eigenvalue weighted by Gasteiger charge is 2.19. The normalized spacial score (nSPS) is 10.6. The lowest BCUT2D eigenvalue weighted by atomic mass is 10.1. The maximum absolute atomic E-state index is 12.1. The van der Waals surface area contributed by atoms with E-state index in [0.29, 0.717) is 16.7 Å². The maximum Gasteiger partial charge on any atom is 0.351 e. The van der Waals surface area contributed by atoms with Gasteiger partial charge in [-0.25, -0.2) is 9.59 Å². The first kappa shape index (κ1) is 16.9. The Morgan fingerprint density at radius 1 is 1.22 bits per heavy atom. The summed E-state index contributed by atoms with van der Waals surface area (Å²) in [5, 5.41) is 0.611. The molecular weight excluding hydrogens is 298 g/mol. The van der Waals surface area contributed by atoms with Crippen molar-refractivity contribution in [3.8, 4) is 5.75 Å². The molecule has 0 N–H and O–H groups in total. The van der Waals surface area contributed by atoms with E-state index in [1.54, 1.807) is 13.0 Å². The van der Waals surface area contributed by atoms with Crippen LogP contribution >= 0.6 is 0 Å². The predicted octanol–water partition coefficient (Wildman–Crippen LogP) is 2.82. The van der Waals surface area contributed by atoms with Crippen LogP contribution in [0.3, 0.4) is 0 Å². The molecule has 6 nitrogen and oxygen atoms in total. The molecule has 0 radical (unpaired) electrons. The van der Waals surface area contributed by atoms with Gasteiger partial charge in [-0.1, -0.05) is 0 Å². The van der Waals surface area contributed by atoms with E-state index in [9.17, 15) is 9.59 Å². The van der Waals surface area contributed by atoms with Crippen LogP contribution in [-0.2, 0) is 4.74 Å². The zero-order valence-electron chi connectivity index (χ0n) is 13.8. The fourth-order valence-corrected chi connectivity index (χ4v) is 2.51. The molecular formula is C17H21NO5. The first-order chi connectivity index (χ1) is 11.1. The lowest BCUT2D eigenvalue weighted by Crippen LogP contribution is -2.22. The minimum Gasteiger partial charge on any atom is -0.491 e. The van der Waals surface area contributed by atoms with Crippen LogP contribution in [0.1, 0.15) is 31.1 Å². The van der Waals surface area contributed by atoms with Crippen LogP contribution < -0.4 is 15.3 Å². The number of hydrogen-bond donors (Lipinski definition) is 0. The quantitative estimate of drug-likeness (QED) is 0.602. The number of methoxy groups -OCH3 is 1. The average molecular weight is 319 g/mol. The van der Waals surface area contributed by atoms with Crippen LogP contribution in [0.2, 0.25) is 0 Å². The standard InChI is InChI=1S/C17H21NO5/c1-5-18(6-2)13-9-8-11-10-12(16(19)22-7-3)17(20)23-14(11)15(13)21-4/h8-10H,5-7H2,1-4H3. The third kappa shape index (κ3) is 3.16. The van der Waals surface area contributed by atoms with Crippen LogP contribution in [0.4, 0.5) is 5.69 Å². The number of fused-ring (bicyclic) bond motifs is 1. The number of anilines is 1. The molecule has 0 unspecified atom stereocenters. The fourth-order valence-electron chi connectivity index (χ4n) is 2.51. The number of rotatable bonds is 6. The van der Waals surface area contributed by atoms with Crippen molar-refractivity contribution < 1.29 is 18.7 Å². The van der Waals surface area contributed by atoms with Crippen LogP contribution in [0.25, 0.3) is 11.0 Å². The molecule has 0 amide bonds. The molecule has 0 aliphatic heterocycles. The summed E-state index contributed by atoms with van der Waals surface area (Å²) in [6, 6.07) is 5.17. The van der Waals surface area contributed by atoms with Crippen molar-refractivity contribution in [1.82, 2.24) is 0 Å². The van der Waals surface area contributed by atoms with E-state index < -0.39 is 11.6 Å². The highest BCUT2D eigenvalue weighted by molar-refractivity contribution is 5.95. The first-order valence-electron chi connectivity index (χ1n) is 7.64. The van der Waals surface area contributed by atoms with Crippen LogP contribution in [0, 0.1) is 0 Å². The number of carbonyl (C=O) groups is 1. The van der Waals surface area contributed by atoms with Gasteiger partial charge in [0.15, 0.2) is 11.3 Å². The fraction of sp³-hybridized carbons (Fsp3) is 0.412. The van der Waals surface area contributed by atoms with E-state index in [1.165, 1.54) is 13.2 Å². The number of nitrogens with zero attached hydrogens (tertiary/aromatic N) is 1. The largest absolute Gasteiger partial charge is 0.491 e. The minimum absolute atomic E-state index is 0.114. The van der Waals surface area contributed by atoms with E-state index in [4.69, 9.17) is 13.9 Å². The van der Waals surface area contributed by atoms with E-state index in [0.717, 1.165) is 18.8 Å². The summed E-state index contributed by atoms with van der Waals surface area (Å²) in [6.07, 6.45) is 0. The molecule has 23 heavy (non-hydrogen) atoms. The third-order valence-electron chi connectivity index (χ3n) is 3.64. The van der Waals surface area contributed by atoms with E-state index in [1.807, 2.05) is 19.9 Å². The van der Waals surface area contributed by atoms with Gasteiger partial charge in [0, 0.05) is 18.5 Å². The second-order valence-corrected chi connectivity index (χ2v) is 4.88. The zero-order valence-corrected chi connectivity index (χ0v) is 13.8. The average Bonchev–Trinajstić information content (AvgIpc) is 2.55. The van der Waals surface area contributed by atoms with Gasteiger partial charge in [-0.15, -0.1) is 0 Å². The molecule has 0 aliphatic rings. The van der Waals surface area contributed by atoms with E-state index in [2.05, 4.69) is 4.90 Å². The van der Waals surface area contributed by atoms with Gasteiger partial charge < -0.3 is 18.8 Å². The molecule has 124 valence electrons. The Morgan fingerprint density at radius 3 is 2.48 bits per heavy atom. The van der Waals surface area contributed by atoms with Crippen LogP contribution in [-0.4, -0.2) is 32.8 Å². The first-order valence-corrected chi connectivity index (χ1v) is 7.64. The zero-order chi connectivity index (χ0) is 17.0. The Labute approximate surface area is 134 Å². The molecule has 1 heterocycles. The Balaban J connectivity index is 2.66. The molecule has 0 saturated heterocycles. The van der Waals surface area contributed by atoms with Crippen molar-refractivity contribution in [3.05, 3.63) is 34.2 Å². The molecule has 1 aromatic carbocycles. The molecule has 0 aliphatic carbocycles. The van der Waals surface area contributed by atoms with Gasteiger partial charge in [-0.05, 0) is 39.0 Å². The summed E-state index contributed by atoms with van der Waals surface area (Å²) in [4.78, 5) is 26.0. The van der Waals surface area contributed by atoms with Crippen molar-refractivity contribution in [2.75, 3.05) is 31.7 Å². The molecule has 2 aromatic rings. The van der Waals surface area contributed by atoms with Gasteiger partial charge in [0.05, 0.1) is 19.4 Å². The summed E-state index contributed by atoms with van der Waals surface area (Å²) < 4.78 is 15.7. The van der Waals surface area contributed by atoms with Crippen molar-refractivity contribution in [2.45, 2.75) is 20.8 Å². The molecule has 6 heteroatoms. The van der Waals surface area contributed by atoms with Gasteiger partial charge in [0.1, 0.15) is 5.56 Å². The molecule has 1 aromatic heterocycles.